The van der Waals surface area contributed by atoms with Crippen LogP contribution in [-0.4, -0.2) is 37.0 Å². The Morgan fingerprint density at radius 1 is 1.08 bits per heavy atom. The number of benzene rings is 1. The van der Waals surface area contributed by atoms with E-state index in [0.29, 0.717) is 30.5 Å². The summed E-state index contributed by atoms with van der Waals surface area (Å²) >= 11 is 1.65. The van der Waals surface area contributed by atoms with Crippen molar-refractivity contribution in [3.63, 3.8) is 0 Å². The molecule has 0 amide bonds. The number of hydrogen-bond acceptors (Lipinski definition) is 8. The van der Waals surface area contributed by atoms with Crippen LogP contribution in [0.15, 0.2) is 58.8 Å². The van der Waals surface area contributed by atoms with Crippen LogP contribution in [0.25, 0.3) is 22.1 Å². The van der Waals surface area contributed by atoms with Gasteiger partial charge in [0.25, 0.3) is 0 Å². The van der Waals surface area contributed by atoms with Crippen LogP contribution in [-0.2, 0) is 13.1 Å². The van der Waals surface area contributed by atoms with Crippen molar-refractivity contribution < 1.29 is 4.52 Å². The average molecular weight is 364 g/mol. The van der Waals surface area contributed by atoms with Gasteiger partial charge in [-0.2, -0.15) is 4.98 Å². The normalized spacial score (nSPS) is 11.2. The summed E-state index contributed by atoms with van der Waals surface area (Å²) in [6, 6.07) is 10.2. The predicted octanol–water partition coefficient (Wildman–Crippen LogP) is 3.28. The van der Waals surface area contributed by atoms with E-state index in [2.05, 4.69) is 42.5 Å². The topological polar surface area (TPSA) is 80.8 Å². The van der Waals surface area contributed by atoms with Crippen molar-refractivity contribution in [1.82, 2.24) is 30.0 Å². The monoisotopic (exact) mass is 364 g/mol. The molecule has 0 aliphatic heterocycles. The zero-order valence-electron chi connectivity index (χ0n) is 14.1. The molecule has 8 heteroatoms. The lowest BCUT2D eigenvalue weighted by Crippen LogP contribution is -2.17. The molecule has 0 N–H and O–H groups in total. The van der Waals surface area contributed by atoms with Gasteiger partial charge >= 0.3 is 0 Å². The number of nitrogens with zero attached hydrogens (tertiary/aromatic N) is 6. The van der Waals surface area contributed by atoms with Gasteiger partial charge in [-0.3, -0.25) is 9.88 Å². The maximum atomic E-state index is 5.31. The zero-order chi connectivity index (χ0) is 17.8. The maximum Gasteiger partial charge on any atom is 0.241 e. The van der Waals surface area contributed by atoms with E-state index >= 15 is 0 Å². The van der Waals surface area contributed by atoms with Crippen molar-refractivity contribution in [2.75, 3.05) is 7.05 Å². The smallest absolute Gasteiger partial charge is 0.241 e. The largest absolute Gasteiger partial charge is 0.337 e. The predicted molar refractivity (Wildman–Crippen MR) is 98.0 cm³/mol. The number of rotatable bonds is 6. The van der Waals surface area contributed by atoms with Crippen LogP contribution in [0.3, 0.4) is 0 Å². The lowest BCUT2D eigenvalue weighted by molar-refractivity contribution is 0.259. The van der Waals surface area contributed by atoms with Crippen LogP contribution >= 0.6 is 11.3 Å². The molecule has 0 aliphatic carbocycles. The van der Waals surface area contributed by atoms with E-state index in [1.807, 2.05) is 25.2 Å². The molecule has 3 aromatic heterocycles. The fraction of sp³-hybridized carbons (Fsp3) is 0.167. The van der Waals surface area contributed by atoms with Gasteiger partial charge in [0.15, 0.2) is 0 Å². The molecule has 0 aliphatic rings. The van der Waals surface area contributed by atoms with Crippen LogP contribution in [0.1, 0.15) is 11.6 Å². The highest BCUT2D eigenvalue weighted by Crippen LogP contribution is 2.24. The van der Waals surface area contributed by atoms with Crippen molar-refractivity contribution >= 4 is 11.3 Å². The molecular formula is C18H16N6OS. The van der Waals surface area contributed by atoms with Gasteiger partial charge in [0.05, 0.1) is 18.4 Å². The van der Waals surface area contributed by atoms with Crippen LogP contribution in [0, 0.1) is 0 Å². The molecule has 0 unspecified atom stereocenters. The first-order valence-corrected chi connectivity index (χ1v) is 8.93. The van der Waals surface area contributed by atoms with E-state index < -0.39 is 0 Å². The van der Waals surface area contributed by atoms with Gasteiger partial charge < -0.3 is 4.52 Å². The molecule has 0 bridgehead atoms. The van der Waals surface area contributed by atoms with Crippen LogP contribution in [0.4, 0.5) is 0 Å². The Morgan fingerprint density at radius 2 is 1.96 bits per heavy atom. The van der Waals surface area contributed by atoms with Gasteiger partial charge in [0.2, 0.25) is 11.7 Å². The third-order valence-electron chi connectivity index (χ3n) is 3.67. The molecule has 130 valence electrons. The van der Waals surface area contributed by atoms with Gasteiger partial charge in [-0.25, -0.2) is 9.97 Å². The summed E-state index contributed by atoms with van der Waals surface area (Å²) in [5.41, 5.74) is 2.75. The molecule has 4 rings (SSSR count). The molecular weight excluding hydrogens is 348 g/mol. The van der Waals surface area contributed by atoms with E-state index in [1.54, 1.807) is 29.9 Å². The second-order valence-electron chi connectivity index (χ2n) is 5.78. The lowest BCUT2D eigenvalue weighted by Gasteiger charge is -2.11. The molecule has 0 radical (unpaired) electrons. The Balaban J connectivity index is 1.40. The Kier molecular flexibility index (Phi) is 4.76. The van der Waals surface area contributed by atoms with Crippen molar-refractivity contribution in [1.29, 1.82) is 0 Å². The summed E-state index contributed by atoms with van der Waals surface area (Å²) in [5.74, 6) is 0.980. The average Bonchev–Trinajstić information content (AvgIpc) is 3.33. The van der Waals surface area contributed by atoms with Crippen molar-refractivity contribution in [3.05, 3.63) is 65.9 Å². The van der Waals surface area contributed by atoms with E-state index in [0.717, 1.165) is 16.3 Å². The highest BCUT2D eigenvalue weighted by atomic mass is 32.1. The Labute approximate surface area is 154 Å². The lowest BCUT2D eigenvalue weighted by atomic mass is 10.2. The van der Waals surface area contributed by atoms with E-state index in [4.69, 9.17) is 9.51 Å². The number of hydrogen-bond donors (Lipinski definition) is 0. The molecule has 1 aromatic carbocycles. The molecule has 3 heterocycles. The van der Waals surface area contributed by atoms with Gasteiger partial charge in [-0.05, 0) is 7.05 Å². The highest BCUT2D eigenvalue weighted by Gasteiger charge is 2.13. The first-order chi connectivity index (χ1) is 12.8. The van der Waals surface area contributed by atoms with E-state index in [1.165, 1.54) is 0 Å². The first kappa shape index (κ1) is 16.5. The minimum Gasteiger partial charge on any atom is -0.337 e. The number of thiazole rings is 1. The fourth-order valence-corrected chi connectivity index (χ4v) is 3.31. The SMILES string of the molecule is CN(Cc1csc(-c2ccccc2)n1)Cc1nc(-c2cnccn2)no1. The van der Waals surface area contributed by atoms with Crippen molar-refractivity contribution in [3.8, 4) is 22.1 Å². The van der Waals surface area contributed by atoms with Crippen LogP contribution in [0.5, 0.6) is 0 Å². The summed E-state index contributed by atoms with van der Waals surface area (Å²) in [7, 11) is 1.99. The van der Waals surface area contributed by atoms with Crippen LogP contribution < -0.4 is 0 Å². The molecule has 4 aromatic rings. The van der Waals surface area contributed by atoms with Crippen LogP contribution in [0.2, 0.25) is 0 Å². The van der Waals surface area contributed by atoms with E-state index in [9.17, 15) is 0 Å². The molecule has 7 nitrogen and oxygen atoms in total. The first-order valence-electron chi connectivity index (χ1n) is 8.05. The molecule has 0 fully saturated rings. The second kappa shape index (κ2) is 7.51. The third-order valence-corrected chi connectivity index (χ3v) is 4.61. The Morgan fingerprint density at radius 3 is 2.77 bits per heavy atom. The molecule has 0 saturated heterocycles. The second-order valence-corrected chi connectivity index (χ2v) is 6.64. The summed E-state index contributed by atoms with van der Waals surface area (Å²) in [4.78, 5) is 19.3. The number of aromatic nitrogens is 5. The highest BCUT2D eigenvalue weighted by molar-refractivity contribution is 7.13. The zero-order valence-corrected chi connectivity index (χ0v) is 14.9. The van der Waals surface area contributed by atoms with Gasteiger partial charge in [0.1, 0.15) is 10.7 Å². The van der Waals surface area contributed by atoms with Gasteiger partial charge in [-0.1, -0.05) is 35.5 Å². The molecule has 0 atom stereocenters. The maximum absolute atomic E-state index is 5.31. The Hall–Kier alpha value is -2.97. The Bertz CT molecular complexity index is 890. The standard InChI is InChI=1S/C18H16N6OS/c1-24(10-14-12-26-18(21-14)13-5-3-2-4-6-13)11-16-22-17(23-25-16)15-9-19-7-8-20-15/h2-9,12H,10-11H2,1H3. The minimum absolute atomic E-state index is 0.446. The van der Waals surface area contributed by atoms with Crippen molar-refractivity contribution in [2.45, 2.75) is 13.1 Å². The van der Waals surface area contributed by atoms with Gasteiger partial charge in [-0.15, -0.1) is 11.3 Å². The summed E-state index contributed by atoms with van der Waals surface area (Å²) in [6.45, 7) is 1.23. The minimum atomic E-state index is 0.446. The summed E-state index contributed by atoms with van der Waals surface area (Å²) in [5, 5.41) is 7.07. The summed E-state index contributed by atoms with van der Waals surface area (Å²) < 4.78 is 5.31. The summed E-state index contributed by atoms with van der Waals surface area (Å²) in [6.07, 6.45) is 4.82. The van der Waals surface area contributed by atoms with E-state index in [-0.39, 0.29) is 0 Å². The molecule has 0 saturated carbocycles. The fourth-order valence-electron chi connectivity index (χ4n) is 2.49. The molecule has 26 heavy (non-hydrogen) atoms. The van der Waals surface area contributed by atoms with Crippen molar-refractivity contribution in [2.24, 2.45) is 0 Å². The quantitative estimate of drug-likeness (QED) is 0.519. The third kappa shape index (κ3) is 3.81. The molecule has 0 spiro atoms. The van der Waals surface area contributed by atoms with Gasteiger partial charge in [0, 0.05) is 29.9 Å².